The lowest BCUT2D eigenvalue weighted by Crippen LogP contribution is -2.19. The maximum atomic E-state index is 6.11. The highest BCUT2D eigenvalue weighted by atomic mass is 32.2. The van der Waals surface area contributed by atoms with Crippen LogP contribution in [0.25, 0.3) is 11.1 Å². The summed E-state index contributed by atoms with van der Waals surface area (Å²) in [6, 6.07) is 17.0. The number of hydrogen-bond donors (Lipinski definition) is 2. The van der Waals surface area contributed by atoms with E-state index < -0.39 is 0 Å². The molecular weight excluding hydrogens is 332 g/mol. The van der Waals surface area contributed by atoms with Crippen LogP contribution in [-0.2, 0) is 12.0 Å². The SMILES string of the molecule is NC1(c2nnc(CC3Nc4ccc(-c5ccccc5)cc4S3)o2)CC1. The van der Waals surface area contributed by atoms with Crippen LogP contribution in [0.15, 0.2) is 57.8 Å². The van der Waals surface area contributed by atoms with Crippen LogP contribution in [0.2, 0.25) is 0 Å². The lowest BCUT2D eigenvalue weighted by atomic mass is 10.1. The smallest absolute Gasteiger partial charge is 0.236 e. The number of thioether (sulfide) groups is 1. The average Bonchev–Trinajstić information content (AvgIpc) is 3.06. The van der Waals surface area contributed by atoms with Gasteiger partial charge in [-0.3, -0.25) is 0 Å². The van der Waals surface area contributed by atoms with E-state index in [9.17, 15) is 0 Å². The molecule has 5 nitrogen and oxygen atoms in total. The van der Waals surface area contributed by atoms with Crippen molar-refractivity contribution in [2.24, 2.45) is 5.73 Å². The third kappa shape index (κ3) is 2.81. The minimum Gasteiger partial charge on any atom is -0.423 e. The van der Waals surface area contributed by atoms with Gasteiger partial charge in [0.1, 0.15) is 0 Å². The van der Waals surface area contributed by atoms with E-state index in [1.165, 1.54) is 16.0 Å². The molecule has 6 heteroatoms. The van der Waals surface area contributed by atoms with Crippen LogP contribution in [0.4, 0.5) is 5.69 Å². The maximum absolute atomic E-state index is 6.11. The molecule has 2 heterocycles. The molecule has 5 rings (SSSR count). The molecule has 1 aromatic heterocycles. The molecule has 1 fully saturated rings. The van der Waals surface area contributed by atoms with Crippen LogP contribution in [0.5, 0.6) is 0 Å². The zero-order valence-corrected chi connectivity index (χ0v) is 14.4. The number of nitrogens with zero attached hydrogens (tertiary/aromatic N) is 2. The summed E-state index contributed by atoms with van der Waals surface area (Å²) in [5, 5.41) is 12.0. The van der Waals surface area contributed by atoms with Crippen molar-refractivity contribution in [3.05, 3.63) is 60.3 Å². The number of rotatable bonds is 4. The number of nitrogens with one attached hydrogen (secondary N) is 1. The Bertz CT molecular complexity index is 920. The molecule has 126 valence electrons. The molecular formula is C19H18N4OS. The molecule has 0 spiro atoms. The predicted octanol–water partition coefficient (Wildman–Crippen LogP) is 3.77. The zero-order chi connectivity index (χ0) is 16.9. The Morgan fingerprint density at radius 3 is 2.76 bits per heavy atom. The standard InChI is InChI=1S/C19H18N4OS/c20-19(8-9-19)18-23-22-16(24-18)11-17-21-14-7-6-13(10-15(14)25-17)12-4-2-1-3-5-12/h1-7,10,17,21H,8-9,11,20H2. The second-order valence-corrected chi connectivity index (χ2v) is 7.93. The summed E-state index contributed by atoms with van der Waals surface area (Å²) < 4.78 is 5.76. The van der Waals surface area contributed by atoms with Crippen LogP contribution >= 0.6 is 11.8 Å². The van der Waals surface area contributed by atoms with Gasteiger partial charge in [0.2, 0.25) is 11.8 Å². The summed E-state index contributed by atoms with van der Waals surface area (Å²) in [6.07, 6.45) is 2.54. The van der Waals surface area contributed by atoms with E-state index in [4.69, 9.17) is 10.2 Å². The van der Waals surface area contributed by atoms with Gasteiger partial charge in [0, 0.05) is 10.6 Å². The Morgan fingerprint density at radius 1 is 1.12 bits per heavy atom. The summed E-state index contributed by atoms with van der Waals surface area (Å²) in [7, 11) is 0. The zero-order valence-electron chi connectivity index (χ0n) is 13.6. The fraction of sp³-hybridized carbons (Fsp3) is 0.263. The highest BCUT2D eigenvalue weighted by Gasteiger charge is 2.45. The van der Waals surface area contributed by atoms with Gasteiger partial charge in [-0.15, -0.1) is 10.2 Å². The molecule has 0 bridgehead atoms. The summed E-state index contributed by atoms with van der Waals surface area (Å²) in [5.74, 6) is 1.22. The van der Waals surface area contributed by atoms with Gasteiger partial charge >= 0.3 is 0 Å². The van der Waals surface area contributed by atoms with Crippen LogP contribution in [0.3, 0.4) is 0 Å². The Hall–Kier alpha value is -2.31. The third-order valence-electron chi connectivity index (χ3n) is 4.72. The van der Waals surface area contributed by atoms with Gasteiger partial charge < -0.3 is 15.5 Å². The topological polar surface area (TPSA) is 77.0 Å². The van der Waals surface area contributed by atoms with Crippen molar-refractivity contribution >= 4 is 17.4 Å². The lowest BCUT2D eigenvalue weighted by molar-refractivity contribution is 0.409. The monoisotopic (exact) mass is 350 g/mol. The van der Waals surface area contributed by atoms with Gasteiger partial charge in [-0.2, -0.15) is 0 Å². The average molecular weight is 350 g/mol. The quantitative estimate of drug-likeness (QED) is 0.746. The highest BCUT2D eigenvalue weighted by molar-refractivity contribution is 8.00. The Kier molecular flexibility index (Phi) is 3.36. The van der Waals surface area contributed by atoms with Crippen molar-refractivity contribution in [1.82, 2.24) is 10.2 Å². The summed E-state index contributed by atoms with van der Waals surface area (Å²) in [6.45, 7) is 0. The third-order valence-corrected chi connectivity index (χ3v) is 5.88. The van der Waals surface area contributed by atoms with Crippen LogP contribution in [0, 0.1) is 0 Å². The van der Waals surface area contributed by atoms with Crippen LogP contribution < -0.4 is 11.1 Å². The molecule has 1 aliphatic carbocycles. The van der Waals surface area contributed by atoms with E-state index >= 15 is 0 Å². The van der Waals surface area contributed by atoms with Crippen LogP contribution in [0.1, 0.15) is 24.6 Å². The minimum atomic E-state index is -0.366. The predicted molar refractivity (Wildman–Crippen MR) is 98.2 cm³/mol. The molecule has 1 aliphatic heterocycles. The molecule has 3 N–H and O–H groups in total. The Balaban J connectivity index is 1.32. The molecule has 3 aromatic rings. The van der Waals surface area contributed by atoms with Gasteiger partial charge in [-0.25, -0.2) is 0 Å². The van der Waals surface area contributed by atoms with E-state index in [0.29, 0.717) is 18.2 Å². The molecule has 0 radical (unpaired) electrons. The van der Waals surface area contributed by atoms with Crippen LogP contribution in [-0.4, -0.2) is 15.6 Å². The van der Waals surface area contributed by atoms with Gasteiger partial charge in [0.25, 0.3) is 0 Å². The number of hydrogen-bond acceptors (Lipinski definition) is 6. The second kappa shape index (κ2) is 5.61. The van der Waals surface area contributed by atoms with E-state index in [0.717, 1.165) is 18.5 Å². The van der Waals surface area contributed by atoms with Gasteiger partial charge in [-0.05, 0) is 36.1 Å². The van der Waals surface area contributed by atoms with E-state index in [-0.39, 0.29) is 10.9 Å². The van der Waals surface area contributed by atoms with Crippen molar-refractivity contribution in [3.63, 3.8) is 0 Å². The van der Waals surface area contributed by atoms with Crippen molar-refractivity contribution in [2.75, 3.05) is 5.32 Å². The van der Waals surface area contributed by atoms with E-state index in [2.05, 4.69) is 58.0 Å². The fourth-order valence-corrected chi connectivity index (χ4v) is 4.21. The van der Waals surface area contributed by atoms with Crippen molar-refractivity contribution in [3.8, 4) is 11.1 Å². The molecule has 2 aliphatic rings. The number of nitrogens with two attached hydrogens (primary N) is 1. The van der Waals surface area contributed by atoms with Crippen molar-refractivity contribution in [2.45, 2.75) is 35.1 Å². The number of aromatic nitrogens is 2. The first-order valence-corrected chi connectivity index (χ1v) is 9.32. The maximum Gasteiger partial charge on any atom is 0.236 e. The molecule has 0 saturated heterocycles. The largest absolute Gasteiger partial charge is 0.423 e. The first-order valence-electron chi connectivity index (χ1n) is 8.44. The number of fused-ring (bicyclic) bond motifs is 1. The number of anilines is 1. The summed E-state index contributed by atoms with van der Waals surface area (Å²) in [4.78, 5) is 1.25. The molecule has 0 amide bonds. The van der Waals surface area contributed by atoms with Gasteiger partial charge in [0.05, 0.1) is 17.3 Å². The summed E-state index contributed by atoms with van der Waals surface area (Å²) in [5.41, 5.74) is 9.37. The lowest BCUT2D eigenvalue weighted by Gasteiger charge is -2.06. The first kappa shape index (κ1) is 15.0. The second-order valence-electron chi connectivity index (χ2n) is 6.69. The van der Waals surface area contributed by atoms with E-state index in [1.54, 1.807) is 11.8 Å². The fourth-order valence-electron chi connectivity index (χ4n) is 3.04. The van der Waals surface area contributed by atoms with Gasteiger partial charge in [0.15, 0.2) is 0 Å². The Morgan fingerprint density at radius 2 is 1.96 bits per heavy atom. The highest BCUT2D eigenvalue weighted by Crippen LogP contribution is 2.43. The molecule has 1 saturated carbocycles. The minimum absolute atomic E-state index is 0.197. The van der Waals surface area contributed by atoms with E-state index in [1.807, 2.05) is 6.07 Å². The first-order chi connectivity index (χ1) is 12.2. The normalized spacial score (nSPS) is 20.1. The molecule has 1 atom stereocenters. The molecule has 25 heavy (non-hydrogen) atoms. The summed E-state index contributed by atoms with van der Waals surface area (Å²) >= 11 is 1.80. The molecule has 1 unspecified atom stereocenters. The van der Waals surface area contributed by atoms with Crippen molar-refractivity contribution < 1.29 is 4.42 Å². The number of benzene rings is 2. The van der Waals surface area contributed by atoms with Gasteiger partial charge in [-0.1, -0.05) is 48.2 Å². The molecule has 2 aromatic carbocycles. The van der Waals surface area contributed by atoms with Crippen molar-refractivity contribution in [1.29, 1.82) is 0 Å². The Labute approximate surface area is 150 Å².